The van der Waals surface area contributed by atoms with Gasteiger partial charge in [-0.1, -0.05) is 6.07 Å². The number of carboxylic acid groups (broad SMARTS) is 1. The monoisotopic (exact) mass is 344 g/mol. The molecule has 0 radical (unpaired) electrons. The Kier molecular flexibility index (Phi) is 4.59. The Morgan fingerprint density at radius 3 is 2.56 bits per heavy atom. The number of benzene rings is 1. The summed E-state index contributed by atoms with van der Waals surface area (Å²) < 4.78 is 5.33. The van der Waals surface area contributed by atoms with Gasteiger partial charge in [0.1, 0.15) is 5.75 Å². The van der Waals surface area contributed by atoms with Crippen LogP contribution in [0.2, 0.25) is 0 Å². The predicted octanol–water partition coefficient (Wildman–Crippen LogP) is 2.71. The lowest BCUT2D eigenvalue weighted by atomic mass is 9.92. The third kappa shape index (κ3) is 3.47. The smallest absolute Gasteiger partial charge is 0.308 e. The molecule has 1 aliphatic carbocycles. The van der Waals surface area contributed by atoms with Crippen molar-refractivity contribution in [2.24, 2.45) is 17.8 Å². The van der Waals surface area contributed by atoms with Crippen molar-refractivity contribution in [1.82, 2.24) is 4.90 Å². The summed E-state index contributed by atoms with van der Waals surface area (Å²) in [6, 6.07) is 8.79. The molecular formula is C20H28N2O3. The molecule has 3 fully saturated rings. The highest BCUT2D eigenvalue weighted by atomic mass is 16.5. The Hall–Kier alpha value is -1.75. The van der Waals surface area contributed by atoms with Crippen molar-refractivity contribution in [2.75, 3.05) is 38.2 Å². The Balaban J connectivity index is 1.36. The number of ether oxygens (including phenoxy) is 1. The van der Waals surface area contributed by atoms with E-state index in [0.29, 0.717) is 17.9 Å². The van der Waals surface area contributed by atoms with Crippen LogP contribution in [0.5, 0.6) is 5.75 Å². The molecule has 5 heteroatoms. The van der Waals surface area contributed by atoms with E-state index in [4.69, 9.17) is 4.74 Å². The van der Waals surface area contributed by atoms with E-state index < -0.39 is 5.97 Å². The first-order valence-electron chi connectivity index (χ1n) is 9.51. The van der Waals surface area contributed by atoms with Gasteiger partial charge in [-0.2, -0.15) is 0 Å². The molecule has 2 heterocycles. The molecule has 3 aliphatic rings. The Morgan fingerprint density at radius 2 is 1.92 bits per heavy atom. The van der Waals surface area contributed by atoms with Gasteiger partial charge in [0.15, 0.2) is 0 Å². The average molecular weight is 344 g/mol. The maximum atomic E-state index is 11.6. The van der Waals surface area contributed by atoms with Crippen LogP contribution in [0, 0.1) is 17.8 Å². The number of piperidine rings is 1. The highest BCUT2D eigenvalue weighted by Gasteiger charge is 2.47. The minimum absolute atomic E-state index is 0.149. The van der Waals surface area contributed by atoms with Gasteiger partial charge in [0.25, 0.3) is 0 Å². The number of hydrogen-bond donors (Lipinski definition) is 1. The highest BCUT2D eigenvalue weighted by molar-refractivity contribution is 5.71. The van der Waals surface area contributed by atoms with Crippen molar-refractivity contribution in [3.63, 3.8) is 0 Å². The number of rotatable bonds is 5. The predicted molar refractivity (Wildman–Crippen MR) is 97.1 cm³/mol. The molecule has 136 valence electrons. The molecule has 0 unspecified atom stereocenters. The normalized spacial score (nSPS) is 28.3. The lowest BCUT2D eigenvalue weighted by Gasteiger charge is -2.38. The molecule has 0 aromatic heterocycles. The maximum Gasteiger partial charge on any atom is 0.308 e. The zero-order valence-electron chi connectivity index (χ0n) is 14.9. The number of carboxylic acids is 1. The summed E-state index contributed by atoms with van der Waals surface area (Å²) in [5, 5.41) is 9.57. The van der Waals surface area contributed by atoms with Gasteiger partial charge in [-0.25, -0.2) is 0 Å². The van der Waals surface area contributed by atoms with E-state index in [1.165, 1.54) is 18.5 Å². The highest BCUT2D eigenvalue weighted by Crippen LogP contribution is 2.45. The Morgan fingerprint density at radius 1 is 1.16 bits per heavy atom. The summed E-state index contributed by atoms with van der Waals surface area (Å²) in [7, 11) is 1.70. The molecule has 0 amide bonds. The minimum atomic E-state index is -0.590. The number of hydrogen-bond acceptors (Lipinski definition) is 4. The van der Waals surface area contributed by atoms with Crippen molar-refractivity contribution in [3.8, 4) is 5.75 Å². The third-order valence-corrected chi connectivity index (χ3v) is 6.34. The van der Waals surface area contributed by atoms with Crippen LogP contribution in [-0.2, 0) is 4.79 Å². The van der Waals surface area contributed by atoms with Gasteiger partial charge < -0.3 is 14.7 Å². The third-order valence-electron chi connectivity index (χ3n) is 6.34. The lowest BCUT2D eigenvalue weighted by Crippen LogP contribution is -2.44. The molecule has 0 spiro atoms. The second-order valence-corrected chi connectivity index (χ2v) is 7.82. The van der Waals surface area contributed by atoms with E-state index in [0.717, 1.165) is 44.8 Å². The number of nitrogens with zero attached hydrogens (tertiary/aromatic N) is 2. The molecule has 1 aromatic rings. The molecule has 2 atom stereocenters. The number of anilines is 1. The fourth-order valence-electron chi connectivity index (χ4n) is 4.72. The van der Waals surface area contributed by atoms with Crippen LogP contribution in [-0.4, -0.2) is 55.3 Å². The molecule has 5 nitrogen and oxygen atoms in total. The van der Waals surface area contributed by atoms with Crippen molar-refractivity contribution >= 4 is 11.7 Å². The first-order chi connectivity index (χ1) is 12.2. The molecule has 25 heavy (non-hydrogen) atoms. The molecule has 2 saturated heterocycles. The van der Waals surface area contributed by atoms with Crippen LogP contribution in [0.15, 0.2) is 24.3 Å². The maximum absolute atomic E-state index is 11.6. The van der Waals surface area contributed by atoms with E-state index in [-0.39, 0.29) is 5.92 Å². The van der Waals surface area contributed by atoms with Gasteiger partial charge in [-0.3, -0.25) is 9.69 Å². The molecule has 1 N–H and O–H groups in total. The minimum Gasteiger partial charge on any atom is -0.497 e. The quantitative estimate of drug-likeness (QED) is 0.890. The molecule has 1 saturated carbocycles. The second-order valence-electron chi connectivity index (χ2n) is 7.82. The standard InChI is InChI=1S/C20H28N2O3/c1-25-17-4-2-3-16(11-17)21-9-7-15(8-10-21)22-12-18(14-5-6-14)19(13-22)20(23)24/h2-4,11,14-15,18-19H,5-10,12-13H2,1H3,(H,23,24)/t18-,19+/m0/s1. The SMILES string of the molecule is COc1cccc(N2CCC(N3C[C@@H](C(=O)O)[C@H](C4CC4)C3)CC2)c1. The average Bonchev–Trinajstić information content (AvgIpc) is 3.40. The first kappa shape index (κ1) is 16.7. The van der Waals surface area contributed by atoms with Crippen LogP contribution in [0.4, 0.5) is 5.69 Å². The number of methoxy groups -OCH3 is 1. The van der Waals surface area contributed by atoms with Crippen LogP contribution in [0.1, 0.15) is 25.7 Å². The summed E-state index contributed by atoms with van der Waals surface area (Å²) in [6.45, 7) is 3.80. The zero-order valence-corrected chi connectivity index (χ0v) is 14.9. The molecular weight excluding hydrogens is 316 g/mol. The van der Waals surface area contributed by atoms with Crippen molar-refractivity contribution < 1.29 is 14.6 Å². The number of likely N-dealkylation sites (tertiary alicyclic amines) is 1. The van der Waals surface area contributed by atoms with Crippen LogP contribution < -0.4 is 9.64 Å². The van der Waals surface area contributed by atoms with Gasteiger partial charge in [0.05, 0.1) is 13.0 Å². The molecule has 2 aliphatic heterocycles. The summed E-state index contributed by atoms with van der Waals surface area (Å²) >= 11 is 0. The fraction of sp³-hybridized carbons (Fsp3) is 0.650. The zero-order chi connectivity index (χ0) is 17.4. The lowest BCUT2D eigenvalue weighted by molar-refractivity contribution is -0.142. The molecule has 4 rings (SSSR count). The Bertz CT molecular complexity index is 623. The van der Waals surface area contributed by atoms with E-state index in [1.54, 1.807) is 7.11 Å². The summed E-state index contributed by atoms with van der Waals surface area (Å²) in [4.78, 5) is 16.5. The van der Waals surface area contributed by atoms with E-state index in [2.05, 4.69) is 21.9 Å². The van der Waals surface area contributed by atoms with Gasteiger partial charge in [-0.05, 0) is 49.7 Å². The van der Waals surface area contributed by atoms with Crippen LogP contribution in [0.25, 0.3) is 0 Å². The Labute approximate surface area is 149 Å². The van der Waals surface area contributed by atoms with Crippen molar-refractivity contribution in [1.29, 1.82) is 0 Å². The van der Waals surface area contributed by atoms with E-state index in [9.17, 15) is 9.90 Å². The summed E-state index contributed by atoms with van der Waals surface area (Å²) in [5.41, 5.74) is 1.22. The van der Waals surface area contributed by atoms with Gasteiger partial charge in [-0.15, -0.1) is 0 Å². The van der Waals surface area contributed by atoms with Gasteiger partial charge in [0, 0.05) is 44.0 Å². The summed E-state index contributed by atoms with van der Waals surface area (Å²) in [6.07, 6.45) is 4.69. The van der Waals surface area contributed by atoms with Gasteiger partial charge >= 0.3 is 5.97 Å². The van der Waals surface area contributed by atoms with E-state index >= 15 is 0 Å². The topological polar surface area (TPSA) is 53.0 Å². The van der Waals surface area contributed by atoms with Crippen molar-refractivity contribution in [2.45, 2.75) is 31.7 Å². The van der Waals surface area contributed by atoms with Crippen molar-refractivity contribution in [3.05, 3.63) is 24.3 Å². The number of aliphatic carboxylic acids is 1. The van der Waals surface area contributed by atoms with E-state index in [1.807, 2.05) is 12.1 Å². The fourth-order valence-corrected chi connectivity index (χ4v) is 4.72. The van der Waals surface area contributed by atoms with Crippen LogP contribution in [0.3, 0.4) is 0 Å². The van der Waals surface area contributed by atoms with Gasteiger partial charge in [0.2, 0.25) is 0 Å². The first-order valence-corrected chi connectivity index (χ1v) is 9.51. The molecule has 1 aromatic carbocycles. The second kappa shape index (κ2) is 6.87. The number of carbonyl (C=O) groups is 1. The molecule has 0 bridgehead atoms. The largest absolute Gasteiger partial charge is 0.497 e. The van der Waals surface area contributed by atoms with Crippen LogP contribution >= 0.6 is 0 Å². The summed E-state index contributed by atoms with van der Waals surface area (Å²) in [5.74, 6) is 1.21.